The number of nitrogens with one attached hydrogen (secondary N) is 3. The number of primary amides is 1. The first kappa shape index (κ1) is 24.5. The number of nitrogens with two attached hydrogens (primary N) is 1. The Balaban J connectivity index is 1.50. The van der Waals surface area contributed by atoms with E-state index in [1.807, 2.05) is 84.9 Å². The molecule has 2 atom stereocenters. The predicted molar refractivity (Wildman–Crippen MR) is 137 cm³/mol. The molecule has 8 nitrogen and oxygen atoms in total. The van der Waals surface area contributed by atoms with Crippen LogP contribution < -0.4 is 16.4 Å². The second-order valence-corrected chi connectivity index (χ2v) is 8.48. The summed E-state index contributed by atoms with van der Waals surface area (Å²) in [6.45, 7) is 0.0615. The molecule has 184 valence electrons. The average Bonchev–Trinajstić information content (AvgIpc) is 3.30. The van der Waals surface area contributed by atoms with Crippen molar-refractivity contribution in [1.82, 2.24) is 15.6 Å². The molecule has 1 unspecified atom stereocenters. The van der Waals surface area contributed by atoms with Gasteiger partial charge in [0.25, 0.3) is 0 Å². The van der Waals surface area contributed by atoms with Crippen LogP contribution in [0.25, 0.3) is 10.9 Å². The van der Waals surface area contributed by atoms with E-state index in [9.17, 15) is 14.4 Å². The average molecular weight is 485 g/mol. The number of alkyl carbamates (subject to hydrolysis) is 1. The Bertz CT molecular complexity index is 1320. The number of carbonyl (C=O) groups is 3. The van der Waals surface area contributed by atoms with Gasteiger partial charge in [-0.15, -0.1) is 0 Å². The summed E-state index contributed by atoms with van der Waals surface area (Å²) >= 11 is 0. The normalized spacial score (nSPS) is 12.4. The van der Waals surface area contributed by atoms with Gasteiger partial charge in [0.1, 0.15) is 18.7 Å². The zero-order valence-corrected chi connectivity index (χ0v) is 19.6. The van der Waals surface area contributed by atoms with E-state index in [0.717, 1.165) is 27.6 Å². The van der Waals surface area contributed by atoms with E-state index in [2.05, 4.69) is 15.6 Å². The van der Waals surface area contributed by atoms with Gasteiger partial charge in [0, 0.05) is 29.9 Å². The van der Waals surface area contributed by atoms with E-state index in [1.54, 1.807) is 6.20 Å². The number of rotatable bonds is 10. The maximum Gasteiger partial charge on any atom is 0.408 e. The maximum atomic E-state index is 13.3. The largest absolute Gasteiger partial charge is 0.445 e. The quantitative estimate of drug-likeness (QED) is 0.276. The number of aromatic nitrogens is 1. The van der Waals surface area contributed by atoms with Crippen LogP contribution in [0.1, 0.15) is 16.7 Å². The zero-order chi connectivity index (χ0) is 25.3. The summed E-state index contributed by atoms with van der Waals surface area (Å²) in [7, 11) is 0. The molecule has 1 heterocycles. The molecule has 3 aromatic carbocycles. The Labute approximate surface area is 208 Å². The lowest BCUT2D eigenvalue weighted by atomic mass is 10.0. The molecule has 4 aromatic rings. The molecular weight excluding hydrogens is 456 g/mol. The summed E-state index contributed by atoms with van der Waals surface area (Å²) in [4.78, 5) is 41.2. The topological polar surface area (TPSA) is 126 Å². The fourth-order valence-corrected chi connectivity index (χ4v) is 3.98. The van der Waals surface area contributed by atoms with Gasteiger partial charge in [0.05, 0.1) is 0 Å². The third-order valence-corrected chi connectivity index (χ3v) is 5.86. The van der Waals surface area contributed by atoms with Crippen LogP contribution in [0.3, 0.4) is 0 Å². The zero-order valence-electron chi connectivity index (χ0n) is 19.6. The molecule has 0 aliphatic rings. The van der Waals surface area contributed by atoms with Crippen LogP contribution in [0.5, 0.6) is 0 Å². The molecule has 5 N–H and O–H groups in total. The van der Waals surface area contributed by atoms with E-state index in [4.69, 9.17) is 10.5 Å². The molecule has 0 saturated carbocycles. The second kappa shape index (κ2) is 11.7. The molecule has 0 saturated heterocycles. The van der Waals surface area contributed by atoms with Crippen molar-refractivity contribution in [3.8, 4) is 0 Å². The molecule has 3 amide bonds. The van der Waals surface area contributed by atoms with Crippen molar-refractivity contribution in [1.29, 1.82) is 0 Å². The van der Waals surface area contributed by atoms with Crippen LogP contribution in [-0.2, 0) is 33.8 Å². The van der Waals surface area contributed by atoms with Gasteiger partial charge in [-0.3, -0.25) is 9.59 Å². The highest BCUT2D eigenvalue weighted by molar-refractivity contribution is 5.92. The number of amides is 3. The second-order valence-electron chi connectivity index (χ2n) is 8.48. The summed E-state index contributed by atoms with van der Waals surface area (Å²) < 4.78 is 5.33. The minimum absolute atomic E-state index is 0.0615. The summed E-state index contributed by atoms with van der Waals surface area (Å²) in [6.07, 6.45) is 1.49. The van der Waals surface area contributed by atoms with E-state index in [-0.39, 0.29) is 19.4 Å². The number of aromatic amines is 1. The number of benzene rings is 3. The van der Waals surface area contributed by atoms with Gasteiger partial charge in [-0.2, -0.15) is 0 Å². The molecule has 0 aliphatic carbocycles. The molecule has 0 spiro atoms. The molecule has 1 aromatic heterocycles. The van der Waals surface area contributed by atoms with Crippen LogP contribution in [0, 0.1) is 0 Å². The Hall–Kier alpha value is -4.59. The van der Waals surface area contributed by atoms with Crippen LogP contribution >= 0.6 is 0 Å². The van der Waals surface area contributed by atoms with E-state index in [0.29, 0.717) is 0 Å². The monoisotopic (exact) mass is 484 g/mol. The Kier molecular flexibility index (Phi) is 7.97. The van der Waals surface area contributed by atoms with Crippen molar-refractivity contribution in [3.05, 3.63) is 108 Å². The first-order valence-electron chi connectivity index (χ1n) is 11.7. The highest BCUT2D eigenvalue weighted by Crippen LogP contribution is 2.19. The number of H-pyrrole nitrogens is 1. The standard InChI is InChI=1S/C28H28N4O4/c29-26(33)24(15-19-9-3-1-4-10-19)31-27(34)25(16-21-17-30-23-14-8-7-13-22(21)23)32-28(35)36-18-20-11-5-2-6-12-20/h1-14,17,24-25,30H,15-16,18H2,(H2,29,33)(H,31,34)(H,32,35)/t24?,25-/m0/s1. The highest BCUT2D eigenvalue weighted by Gasteiger charge is 2.27. The van der Waals surface area contributed by atoms with Crippen LogP contribution in [0.15, 0.2) is 91.1 Å². The summed E-state index contributed by atoms with van der Waals surface area (Å²) in [5, 5.41) is 6.31. The lowest BCUT2D eigenvalue weighted by Gasteiger charge is -2.22. The minimum Gasteiger partial charge on any atom is -0.445 e. The van der Waals surface area contributed by atoms with Gasteiger partial charge in [0.2, 0.25) is 11.8 Å². The third-order valence-electron chi connectivity index (χ3n) is 5.86. The number of para-hydroxylation sites is 1. The summed E-state index contributed by atoms with van der Waals surface area (Å²) in [5.74, 6) is -1.19. The van der Waals surface area contributed by atoms with Crippen molar-refractivity contribution in [2.45, 2.75) is 31.5 Å². The molecule has 0 radical (unpaired) electrons. The predicted octanol–water partition coefficient (Wildman–Crippen LogP) is 3.22. The fraction of sp³-hybridized carbons (Fsp3) is 0.179. The van der Waals surface area contributed by atoms with Gasteiger partial charge in [-0.05, 0) is 22.8 Å². The summed E-state index contributed by atoms with van der Waals surface area (Å²) in [5.41, 5.74) is 9.01. The SMILES string of the molecule is NC(=O)C(Cc1ccccc1)NC(=O)[C@H](Cc1c[nH]c2ccccc12)NC(=O)OCc1ccccc1. The first-order valence-corrected chi connectivity index (χ1v) is 11.7. The van der Waals surface area contributed by atoms with E-state index in [1.165, 1.54) is 0 Å². The highest BCUT2D eigenvalue weighted by atomic mass is 16.5. The van der Waals surface area contributed by atoms with Crippen molar-refractivity contribution in [2.75, 3.05) is 0 Å². The van der Waals surface area contributed by atoms with Crippen molar-refractivity contribution in [2.24, 2.45) is 5.73 Å². The summed E-state index contributed by atoms with van der Waals surface area (Å²) in [6, 6.07) is 24.2. The first-order chi connectivity index (χ1) is 17.5. The Morgan fingerprint density at radius 2 is 1.42 bits per heavy atom. The van der Waals surface area contributed by atoms with Crippen LogP contribution in [0.4, 0.5) is 4.79 Å². The van der Waals surface area contributed by atoms with Gasteiger partial charge < -0.3 is 26.1 Å². The number of carbonyl (C=O) groups excluding carboxylic acids is 3. The maximum absolute atomic E-state index is 13.3. The molecule has 0 fully saturated rings. The third kappa shape index (κ3) is 6.50. The van der Waals surface area contributed by atoms with Gasteiger partial charge in [-0.1, -0.05) is 78.9 Å². The number of fused-ring (bicyclic) bond motifs is 1. The Morgan fingerprint density at radius 3 is 2.11 bits per heavy atom. The smallest absolute Gasteiger partial charge is 0.408 e. The van der Waals surface area contributed by atoms with Crippen molar-refractivity contribution in [3.63, 3.8) is 0 Å². The van der Waals surface area contributed by atoms with Crippen LogP contribution in [0.2, 0.25) is 0 Å². The van der Waals surface area contributed by atoms with Crippen LogP contribution in [-0.4, -0.2) is 35.0 Å². The molecule has 4 rings (SSSR count). The van der Waals surface area contributed by atoms with Crippen molar-refractivity contribution >= 4 is 28.8 Å². The lowest BCUT2D eigenvalue weighted by molar-refractivity contribution is -0.128. The number of hydrogen-bond acceptors (Lipinski definition) is 4. The van der Waals surface area contributed by atoms with Gasteiger partial charge >= 0.3 is 6.09 Å². The lowest BCUT2D eigenvalue weighted by Crippen LogP contribution is -2.54. The molecule has 36 heavy (non-hydrogen) atoms. The minimum atomic E-state index is -0.995. The van der Waals surface area contributed by atoms with E-state index < -0.39 is 30.0 Å². The van der Waals surface area contributed by atoms with E-state index >= 15 is 0 Å². The van der Waals surface area contributed by atoms with Gasteiger partial charge in [0.15, 0.2) is 0 Å². The Morgan fingerprint density at radius 1 is 0.778 bits per heavy atom. The fourth-order valence-electron chi connectivity index (χ4n) is 3.98. The number of hydrogen-bond donors (Lipinski definition) is 4. The van der Waals surface area contributed by atoms with Gasteiger partial charge in [-0.25, -0.2) is 4.79 Å². The number of ether oxygens (including phenoxy) is 1. The molecule has 0 aliphatic heterocycles. The molecule has 8 heteroatoms. The molecular formula is C28H28N4O4. The molecule has 0 bridgehead atoms. The van der Waals surface area contributed by atoms with Crippen molar-refractivity contribution < 1.29 is 19.1 Å².